The van der Waals surface area contributed by atoms with Crippen LogP contribution in [0.2, 0.25) is 0 Å². The monoisotopic (exact) mass is 288 g/mol. The van der Waals surface area contributed by atoms with Crippen molar-refractivity contribution < 1.29 is 18.7 Å². The van der Waals surface area contributed by atoms with Crippen LogP contribution in [0.25, 0.3) is 0 Å². The molecule has 106 valence electrons. The minimum Gasteiger partial charge on any atom is -0.478 e. The Morgan fingerprint density at radius 3 is 2.38 bits per heavy atom. The van der Waals surface area contributed by atoms with Crippen molar-refractivity contribution in [2.24, 2.45) is 0 Å². The minimum absolute atomic E-state index is 0.123. The number of rotatable bonds is 4. The third-order valence-corrected chi connectivity index (χ3v) is 2.88. The number of carboxylic acid groups (broad SMARTS) is 1. The van der Waals surface area contributed by atoms with Crippen molar-refractivity contribution >= 4 is 11.7 Å². The molecule has 21 heavy (non-hydrogen) atoms. The largest absolute Gasteiger partial charge is 0.478 e. The molecule has 0 fully saturated rings. The summed E-state index contributed by atoms with van der Waals surface area (Å²) in [7, 11) is 0. The smallest absolute Gasteiger partial charge is 0.338 e. The standard InChI is InChI=1S/C15H10F2N2O2/c16-13-11(15(20)21)5-6-12(14(13)17)19-8-10-3-1-9(7-18)2-4-10/h1-6,19H,8H2,(H,20,21). The Labute approximate surface area is 119 Å². The number of carboxylic acids is 1. The summed E-state index contributed by atoms with van der Waals surface area (Å²) in [4.78, 5) is 10.7. The molecule has 0 bridgehead atoms. The lowest BCUT2D eigenvalue weighted by Crippen LogP contribution is -2.07. The van der Waals surface area contributed by atoms with Crippen LogP contribution in [0.4, 0.5) is 14.5 Å². The van der Waals surface area contributed by atoms with E-state index in [0.29, 0.717) is 5.56 Å². The van der Waals surface area contributed by atoms with Crippen molar-refractivity contribution in [2.75, 3.05) is 5.32 Å². The zero-order chi connectivity index (χ0) is 15.4. The number of benzene rings is 2. The predicted molar refractivity (Wildman–Crippen MR) is 71.8 cm³/mol. The normalized spacial score (nSPS) is 9.95. The first-order chi connectivity index (χ1) is 10.0. The molecule has 0 aliphatic carbocycles. The Morgan fingerprint density at radius 2 is 1.81 bits per heavy atom. The van der Waals surface area contributed by atoms with E-state index in [1.165, 1.54) is 6.07 Å². The molecule has 0 saturated heterocycles. The molecule has 0 atom stereocenters. The summed E-state index contributed by atoms with van der Waals surface area (Å²) in [5.41, 5.74) is 0.441. The lowest BCUT2D eigenvalue weighted by Gasteiger charge is -2.09. The van der Waals surface area contributed by atoms with Gasteiger partial charge in [0.2, 0.25) is 0 Å². The molecule has 0 saturated carbocycles. The molecule has 0 amide bonds. The summed E-state index contributed by atoms with van der Waals surface area (Å²) in [6.07, 6.45) is 0. The highest BCUT2D eigenvalue weighted by Crippen LogP contribution is 2.21. The van der Waals surface area contributed by atoms with Crippen LogP contribution >= 0.6 is 0 Å². The Hall–Kier alpha value is -2.94. The highest BCUT2D eigenvalue weighted by atomic mass is 19.2. The third kappa shape index (κ3) is 3.15. The van der Waals surface area contributed by atoms with Gasteiger partial charge in [-0.2, -0.15) is 5.26 Å². The van der Waals surface area contributed by atoms with E-state index >= 15 is 0 Å². The number of hydrogen-bond donors (Lipinski definition) is 2. The number of nitrogens with zero attached hydrogens (tertiary/aromatic N) is 1. The molecule has 2 N–H and O–H groups in total. The van der Waals surface area contributed by atoms with Gasteiger partial charge in [0, 0.05) is 6.54 Å². The van der Waals surface area contributed by atoms with Gasteiger partial charge < -0.3 is 10.4 Å². The first-order valence-corrected chi connectivity index (χ1v) is 5.97. The van der Waals surface area contributed by atoms with E-state index in [0.717, 1.165) is 11.6 Å². The molecule has 2 aromatic carbocycles. The van der Waals surface area contributed by atoms with Gasteiger partial charge in [0.25, 0.3) is 0 Å². The van der Waals surface area contributed by atoms with Gasteiger partial charge in [0.15, 0.2) is 11.6 Å². The van der Waals surface area contributed by atoms with Gasteiger partial charge in [-0.25, -0.2) is 13.6 Å². The second-order valence-electron chi connectivity index (χ2n) is 4.26. The lowest BCUT2D eigenvalue weighted by atomic mass is 10.1. The van der Waals surface area contributed by atoms with Crippen molar-refractivity contribution in [3.8, 4) is 6.07 Å². The summed E-state index contributed by atoms with van der Waals surface area (Å²) in [5.74, 6) is -4.15. The van der Waals surface area contributed by atoms with E-state index in [1.54, 1.807) is 24.3 Å². The molecule has 0 unspecified atom stereocenters. The van der Waals surface area contributed by atoms with Crippen LogP contribution in [0.3, 0.4) is 0 Å². The molecule has 0 heterocycles. The van der Waals surface area contributed by atoms with Crippen molar-refractivity contribution in [2.45, 2.75) is 6.54 Å². The fourth-order valence-corrected chi connectivity index (χ4v) is 1.75. The highest BCUT2D eigenvalue weighted by Gasteiger charge is 2.17. The van der Waals surface area contributed by atoms with E-state index < -0.39 is 23.2 Å². The van der Waals surface area contributed by atoms with Crippen molar-refractivity contribution in [1.29, 1.82) is 5.26 Å². The van der Waals surface area contributed by atoms with Crippen LogP contribution in [-0.2, 0) is 6.54 Å². The van der Waals surface area contributed by atoms with Crippen molar-refractivity contribution in [3.05, 3.63) is 64.7 Å². The van der Waals surface area contributed by atoms with Crippen LogP contribution in [0.1, 0.15) is 21.5 Å². The maximum absolute atomic E-state index is 13.7. The Morgan fingerprint density at radius 1 is 1.14 bits per heavy atom. The van der Waals surface area contributed by atoms with Crippen molar-refractivity contribution in [3.63, 3.8) is 0 Å². The molecule has 0 aliphatic heterocycles. The van der Waals surface area contributed by atoms with Gasteiger partial charge in [0.1, 0.15) is 0 Å². The highest BCUT2D eigenvalue weighted by molar-refractivity contribution is 5.88. The summed E-state index contributed by atoms with van der Waals surface area (Å²) in [6.45, 7) is 0.217. The quantitative estimate of drug-likeness (QED) is 0.906. The molecule has 2 rings (SSSR count). The molecule has 0 radical (unpaired) electrons. The van der Waals surface area contributed by atoms with Gasteiger partial charge in [-0.15, -0.1) is 0 Å². The molecule has 0 spiro atoms. The molecule has 4 nitrogen and oxygen atoms in total. The molecule has 0 aromatic heterocycles. The molecule has 6 heteroatoms. The maximum atomic E-state index is 13.7. The maximum Gasteiger partial charge on any atom is 0.338 e. The minimum atomic E-state index is -1.52. The summed E-state index contributed by atoms with van der Waals surface area (Å²) in [6, 6.07) is 10.7. The van der Waals surface area contributed by atoms with Crippen LogP contribution < -0.4 is 5.32 Å². The number of anilines is 1. The number of aromatic carboxylic acids is 1. The van der Waals surface area contributed by atoms with Crippen LogP contribution in [0, 0.1) is 23.0 Å². The number of nitriles is 1. The molecule has 0 aliphatic rings. The molecular weight excluding hydrogens is 278 g/mol. The summed E-state index contributed by atoms with van der Waals surface area (Å²) in [5, 5.41) is 20.0. The fourth-order valence-electron chi connectivity index (χ4n) is 1.75. The topological polar surface area (TPSA) is 73.1 Å². The number of halogens is 2. The van der Waals surface area contributed by atoms with Gasteiger partial charge in [-0.3, -0.25) is 0 Å². The third-order valence-electron chi connectivity index (χ3n) is 2.88. The van der Waals surface area contributed by atoms with Crippen LogP contribution in [0.5, 0.6) is 0 Å². The first kappa shape index (κ1) is 14.5. The number of hydrogen-bond acceptors (Lipinski definition) is 3. The first-order valence-electron chi connectivity index (χ1n) is 5.97. The Kier molecular flexibility index (Phi) is 4.14. The average Bonchev–Trinajstić information content (AvgIpc) is 2.49. The van der Waals surface area contributed by atoms with E-state index in [2.05, 4.69) is 5.32 Å². The lowest BCUT2D eigenvalue weighted by molar-refractivity contribution is 0.0690. The second kappa shape index (κ2) is 6.01. The molecule has 2 aromatic rings. The van der Waals surface area contributed by atoms with E-state index in [1.807, 2.05) is 6.07 Å². The predicted octanol–water partition coefficient (Wildman–Crippen LogP) is 3.15. The van der Waals surface area contributed by atoms with Gasteiger partial charge in [0.05, 0.1) is 22.9 Å². The second-order valence-corrected chi connectivity index (χ2v) is 4.26. The Balaban J connectivity index is 2.15. The number of carbonyl (C=O) groups is 1. The van der Waals surface area contributed by atoms with Gasteiger partial charge in [-0.05, 0) is 29.8 Å². The van der Waals surface area contributed by atoms with Crippen LogP contribution in [0.15, 0.2) is 36.4 Å². The summed E-state index contributed by atoms with van der Waals surface area (Å²) < 4.78 is 27.2. The van der Waals surface area contributed by atoms with Crippen LogP contribution in [-0.4, -0.2) is 11.1 Å². The van der Waals surface area contributed by atoms with E-state index in [4.69, 9.17) is 10.4 Å². The van der Waals surface area contributed by atoms with E-state index in [-0.39, 0.29) is 12.2 Å². The van der Waals surface area contributed by atoms with Gasteiger partial charge in [-0.1, -0.05) is 12.1 Å². The zero-order valence-corrected chi connectivity index (χ0v) is 10.7. The number of nitrogens with one attached hydrogen (secondary N) is 1. The SMILES string of the molecule is N#Cc1ccc(CNc2ccc(C(=O)O)c(F)c2F)cc1. The zero-order valence-electron chi connectivity index (χ0n) is 10.7. The fraction of sp³-hybridized carbons (Fsp3) is 0.0667. The summed E-state index contributed by atoms with van der Waals surface area (Å²) >= 11 is 0. The Bertz CT molecular complexity index is 722. The van der Waals surface area contributed by atoms with Crippen molar-refractivity contribution in [1.82, 2.24) is 0 Å². The molecular formula is C15H10F2N2O2. The van der Waals surface area contributed by atoms with Gasteiger partial charge >= 0.3 is 5.97 Å². The van der Waals surface area contributed by atoms with E-state index in [9.17, 15) is 13.6 Å². The average molecular weight is 288 g/mol.